The van der Waals surface area contributed by atoms with Gasteiger partial charge in [0, 0.05) is 15.5 Å². The van der Waals surface area contributed by atoms with Gasteiger partial charge in [-0.3, -0.25) is 0 Å². The van der Waals surface area contributed by atoms with Crippen LogP contribution in [0.3, 0.4) is 0 Å². The van der Waals surface area contributed by atoms with E-state index in [0.717, 1.165) is 29.2 Å². The van der Waals surface area contributed by atoms with Gasteiger partial charge in [0.15, 0.2) is 0 Å². The minimum absolute atomic E-state index is 0.211. The second-order valence-electron chi connectivity index (χ2n) is 4.95. The molecule has 2 heterocycles. The quantitative estimate of drug-likeness (QED) is 0.934. The molecule has 1 aromatic carbocycles. The lowest BCUT2D eigenvalue weighted by molar-refractivity contribution is 0.382. The molecule has 0 radical (unpaired) electrons. The van der Waals surface area contributed by atoms with Gasteiger partial charge >= 0.3 is 0 Å². The predicted octanol–water partition coefficient (Wildman–Crippen LogP) is 3.60. The molecule has 3 nitrogen and oxygen atoms in total. The van der Waals surface area contributed by atoms with Crippen molar-refractivity contribution in [2.45, 2.75) is 18.2 Å². The van der Waals surface area contributed by atoms with Crippen LogP contribution in [0.15, 0.2) is 24.3 Å². The second kappa shape index (κ2) is 6.30. The number of ether oxygens (including phenoxy) is 2. The van der Waals surface area contributed by atoms with Gasteiger partial charge in [-0.15, -0.1) is 11.3 Å². The maximum atomic E-state index is 6.52. The van der Waals surface area contributed by atoms with Crippen molar-refractivity contribution < 1.29 is 9.47 Å². The second-order valence-corrected chi connectivity index (χ2v) is 7.23. The molecule has 2 aromatic rings. The van der Waals surface area contributed by atoms with Crippen molar-refractivity contribution in [2.75, 3.05) is 20.0 Å². The largest absolute Gasteiger partial charge is 0.496 e. The van der Waals surface area contributed by atoms with Crippen LogP contribution in [-0.2, 0) is 12.2 Å². The number of thioether (sulfide) groups is 1. The number of methoxy groups -OCH3 is 2. The van der Waals surface area contributed by atoms with Gasteiger partial charge < -0.3 is 15.2 Å². The highest BCUT2D eigenvalue weighted by Crippen LogP contribution is 2.40. The zero-order chi connectivity index (χ0) is 14.8. The predicted molar refractivity (Wildman–Crippen MR) is 89.8 cm³/mol. The average Bonchev–Trinajstić information content (AvgIpc) is 2.97. The highest BCUT2D eigenvalue weighted by Gasteiger charge is 2.23. The third-order valence-corrected chi connectivity index (χ3v) is 6.06. The number of fused-ring (bicyclic) bond motifs is 1. The van der Waals surface area contributed by atoms with Crippen LogP contribution in [0.5, 0.6) is 11.5 Å². The Morgan fingerprint density at radius 1 is 1.19 bits per heavy atom. The van der Waals surface area contributed by atoms with Gasteiger partial charge in [0.25, 0.3) is 0 Å². The van der Waals surface area contributed by atoms with Gasteiger partial charge in [0.05, 0.1) is 25.8 Å². The lowest BCUT2D eigenvalue weighted by atomic mass is 10.0. The molecule has 5 heteroatoms. The summed E-state index contributed by atoms with van der Waals surface area (Å²) < 4.78 is 10.9. The lowest BCUT2D eigenvalue weighted by Crippen LogP contribution is -2.13. The Morgan fingerprint density at radius 3 is 2.52 bits per heavy atom. The highest BCUT2D eigenvalue weighted by molar-refractivity contribution is 7.98. The Hall–Kier alpha value is -1.17. The molecule has 0 saturated heterocycles. The fraction of sp³-hybridized carbons (Fsp3) is 0.375. The molecule has 112 valence electrons. The smallest absolute Gasteiger partial charge is 0.127 e. The van der Waals surface area contributed by atoms with E-state index in [9.17, 15) is 0 Å². The van der Waals surface area contributed by atoms with E-state index in [1.807, 2.05) is 41.3 Å². The van der Waals surface area contributed by atoms with Crippen LogP contribution in [-0.4, -0.2) is 20.0 Å². The number of aryl methyl sites for hydroxylation is 1. The van der Waals surface area contributed by atoms with Crippen molar-refractivity contribution >= 4 is 23.1 Å². The number of rotatable bonds is 4. The molecule has 1 aromatic heterocycles. The zero-order valence-electron chi connectivity index (χ0n) is 12.2. The van der Waals surface area contributed by atoms with Crippen LogP contribution < -0.4 is 15.2 Å². The Kier molecular flexibility index (Phi) is 4.42. The first-order valence-corrected chi connectivity index (χ1v) is 8.87. The molecule has 0 aliphatic carbocycles. The number of hydrogen-bond donors (Lipinski definition) is 1. The Balaban J connectivity index is 2.01. The van der Waals surface area contributed by atoms with Gasteiger partial charge in [0.2, 0.25) is 0 Å². The summed E-state index contributed by atoms with van der Waals surface area (Å²) in [7, 11) is 3.34. The third kappa shape index (κ3) is 2.78. The van der Waals surface area contributed by atoms with E-state index in [-0.39, 0.29) is 6.04 Å². The van der Waals surface area contributed by atoms with E-state index >= 15 is 0 Å². The first kappa shape index (κ1) is 14.8. The number of thiophene rings is 1. The summed E-state index contributed by atoms with van der Waals surface area (Å²) in [4.78, 5) is 2.67. The Labute approximate surface area is 133 Å². The first-order valence-electron chi connectivity index (χ1n) is 6.90. The molecule has 1 aliphatic rings. The van der Waals surface area contributed by atoms with Crippen LogP contribution in [0.1, 0.15) is 26.9 Å². The molecule has 2 N–H and O–H groups in total. The van der Waals surface area contributed by atoms with Crippen molar-refractivity contribution in [1.82, 2.24) is 0 Å². The van der Waals surface area contributed by atoms with E-state index in [4.69, 9.17) is 15.2 Å². The number of hydrogen-bond acceptors (Lipinski definition) is 5. The number of benzene rings is 1. The van der Waals surface area contributed by atoms with E-state index in [0.29, 0.717) is 0 Å². The molecule has 0 fully saturated rings. The van der Waals surface area contributed by atoms with E-state index in [1.54, 1.807) is 14.2 Å². The van der Waals surface area contributed by atoms with Crippen LogP contribution in [0.25, 0.3) is 0 Å². The van der Waals surface area contributed by atoms with Crippen molar-refractivity contribution in [2.24, 2.45) is 5.73 Å². The molecule has 0 bridgehead atoms. The van der Waals surface area contributed by atoms with Gasteiger partial charge in [0.1, 0.15) is 11.5 Å². The standard InChI is InChI=1S/C16H19NO2S2/c1-18-11-4-3-5-12(19-2)15(11)16(17)14-8-10-9-20-7-6-13(10)21-14/h3-5,8,16H,6-7,9,17H2,1-2H3. The Morgan fingerprint density at radius 2 is 1.90 bits per heavy atom. The van der Waals surface area contributed by atoms with Crippen LogP contribution in [0.2, 0.25) is 0 Å². The lowest BCUT2D eigenvalue weighted by Gasteiger charge is -2.17. The molecule has 0 amide bonds. The molecular weight excluding hydrogens is 302 g/mol. The van der Waals surface area contributed by atoms with Gasteiger partial charge in [-0.1, -0.05) is 6.07 Å². The SMILES string of the molecule is COc1cccc(OC)c1C(N)c1cc2c(s1)CCSC2. The average molecular weight is 321 g/mol. The van der Waals surface area contributed by atoms with Gasteiger partial charge in [-0.2, -0.15) is 11.8 Å². The zero-order valence-corrected chi connectivity index (χ0v) is 13.9. The molecule has 1 atom stereocenters. The van der Waals surface area contributed by atoms with Crippen LogP contribution in [0, 0.1) is 0 Å². The summed E-state index contributed by atoms with van der Waals surface area (Å²) in [5, 5.41) is 0. The molecule has 1 aliphatic heterocycles. The molecule has 0 saturated carbocycles. The maximum Gasteiger partial charge on any atom is 0.127 e. The molecule has 3 rings (SSSR count). The minimum atomic E-state index is -0.211. The van der Waals surface area contributed by atoms with Crippen molar-refractivity contribution in [1.29, 1.82) is 0 Å². The minimum Gasteiger partial charge on any atom is -0.496 e. The topological polar surface area (TPSA) is 44.5 Å². The van der Waals surface area contributed by atoms with Crippen molar-refractivity contribution in [3.8, 4) is 11.5 Å². The molecular formula is C16H19NO2S2. The van der Waals surface area contributed by atoms with E-state index in [1.165, 1.54) is 21.1 Å². The molecule has 1 unspecified atom stereocenters. The normalized spacial score (nSPS) is 15.4. The maximum absolute atomic E-state index is 6.52. The molecule has 21 heavy (non-hydrogen) atoms. The first-order chi connectivity index (χ1) is 10.2. The van der Waals surface area contributed by atoms with Crippen molar-refractivity contribution in [3.63, 3.8) is 0 Å². The van der Waals surface area contributed by atoms with Crippen molar-refractivity contribution in [3.05, 3.63) is 45.1 Å². The summed E-state index contributed by atoms with van der Waals surface area (Å²) in [6.07, 6.45) is 1.15. The summed E-state index contributed by atoms with van der Waals surface area (Å²) in [6.45, 7) is 0. The fourth-order valence-electron chi connectivity index (χ4n) is 2.65. The Bertz CT molecular complexity index is 593. The van der Waals surface area contributed by atoms with Gasteiger partial charge in [-0.25, -0.2) is 0 Å². The third-order valence-electron chi connectivity index (χ3n) is 3.73. The summed E-state index contributed by atoms with van der Waals surface area (Å²) in [5.74, 6) is 3.87. The highest BCUT2D eigenvalue weighted by atomic mass is 32.2. The van der Waals surface area contributed by atoms with E-state index in [2.05, 4.69) is 6.07 Å². The number of nitrogens with two attached hydrogens (primary N) is 1. The van der Waals surface area contributed by atoms with E-state index < -0.39 is 0 Å². The summed E-state index contributed by atoms with van der Waals surface area (Å²) >= 11 is 3.82. The van der Waals surface area contributed by atoms with Crippen LogP contribution >= 0.6 is 23.1 Å². The fourth-order valence-corrected chi connectivity index (χ4v) is 5.04. The summed E-state index contributed by atoms with van der Waals surface area (Å²) in [6, 6.07) is 7.83. The van der Waals surface area contributed by atoms with Crippen LogP contribution in [0.4, 0.5) is 0 Å². The summed E-state index contributed by atoms with van der Waals surface area (Å²) in [5.41, 5.74) is 8.89. The monoisotopic (exact) mass is 321 g/mol. The van der Waals surface area contributed by atoms with Gasteiger partial charge in [-0.05, 0) is 35.9 Å². The molecule has 0 spiro atoms.